The van der Waals surface area contributed by atoms with Gasteiger partial charge in [-0.15, -0.1) is 0 Å². The van der Waals surface area contributed by atoms with Crippen molar-refractivity contribution in [3.8, 4) is 0 Å². The summed E-state index contributed by atoms with van der Waals surface area (Å²) in [7, 11) is 0. The molecule has 36 heavy (non-hydrogen) atoms. The van der Waals surface area contributed by atoms with E-state index in [1.807, 2.05) is 13.0 Å². The lowest BCUT2D eigenvalue weighted by molar-refractivity contribution is -0.385. The summed E-state index contributed by atoms with van der Waals surface area (Å²) < 4.78 is 0. The maximum Gasteiger partial charge on any atom is 0.282 e. The standard InChI is InChI=1S/C24H20N4O8/c1-14-6-11-17-19(12-14)24(32)26(23(17)31)25(22(30)18-4-2-3-5-20(18)28(35)36)13-21(29)15-7-9-16(10-8-15)27(33)34/h2-10,17,19H,11-13H2,1H3/t17-,19-/m1/s1. The van der Waals surface area contributed by atoms with Gasteiger partial charge in [0.15, 0.2) is 5.78 Å². The molecule has 1 heterocycles. The van der Waals surface area contributed by atoms with E-state index in [0.717, 1.165) is 23.8 Å². The summed E-state index contributed by atoms with van der Waals surface area (Å²) in [4.78, 5) is 74.2. The number of non-ortho nitro benzene ring substituents is 1. The zero-order valence-electron chi connectivity index (χ0n) is 19.0. The Balaban J connectivity index is 1.73. The molecule has 0 bridgehead atoms. The van der Waals surface area contributed by atoms with E-state index in [0.29, 0.717) is 22.9 Å². The van der Waals surface area contributed by atoms with Crippen LogP contribution < -0.4 is 0 Å². The summed E-state index contributed by atoms with van der Waals surface area (Å²) in [6, 6.07) is 9.61. The summed E-state index contributed by atoms with van der Waals surface area (Å²) in [5.41, 5.74) is -0.294. The number of nitro benzene ring substituents is 2. The highest BCUT2D eigenvalue weighted by molar-refractivity contribution is 6.10. The number of hydrogen-bond donors (Lipinski definition) is 0. The molecule has 2 aliphatic rings. The highest BCUT2D eigenvalue weighted by atomic mass is 16.6. The number of para-hydroxylation sites is 1. The Labute approximate surface area is 204 Å². The smallest absolute Gasteiger partial charge is 0.282 e. The molecule has 12 nitrogen and oxygen atoms in total. The normalized spacial score (nSPS) is 18.9. The predicted molar refractivity (Wildman–Crippen MR) is 123 cm³/mol. The van der Waals surface area contributed by atoms with Gasteiger partial charge in [-0.1, -0.05) is 23.8 Å². The second-order valence-corrected chi connectivity index (χ2v) is 8.56. The van der Waals surface area contributed by atoms with Crippen molar-refractivity contribution in [2.75, 3.05) is 6.54 Å². The molecule has 12 heteroatoms. The van der Waals surface area contributed by atoms with Gasteiger partial charge < -0.3 is 0 Å². The van der Waals surface area contributed by atoms with Gasteiger partial charge in [0.25, 0.3) is 29.1 Å². The van der Waals surface area contributed by atoms with Crippen LogP contribution in [0.1, 0.15) is 40.5 Å². The summed E-state index contributed by atoms with van der Waals surface area (Å²) in [5.74, 6) is -4.54. The van der Waals surface area contributed by atoms with Crippen LogP contribution in [0.25, 0.3) is 0 Å². The van der Waals surface area contributed by atoms with Crippen LogP contribution in [-0.4, -0.2) is 49.9 Å². The number of ketones is 1. The van der Waals surface area contributed by atoms with Crippen molar-refractivity contribution < 1.29 is 29.0 Å². The van der Waals surface area contributed by atoms with Gasteiger partial charge in [-0.25, -0.2) is 5.01 Å². The molecule has 1 saturated heterocycles. The van der Waals surface area contributed by atoms with Crippen LogP contribution in [0.5, 0.6) is 0 Å². The fourth-order valence-electron chi connectivity index (χ4n) is 4.44. The van der Waals surface area contributed by atoms with Crippen LogP contribution >= 0.6 is 0 Å². The number of rotatable bonds is 7. The van der Waals surface area contributed by atoms with Gasteiger partial charge in [0, 0.05) is 23.8 Å². The van der Waals surface area contributed by atoms with Gasteiger partial charge in [-0.2, -0.15) is 5.01 Å². The van der Waals surface area contributed by atoms with Gasteiger partial charge in [0.2, 0.25) is 0 Å². The van der Waals surface area contributed by atoms with Crippen molar-refractivity contribution in [1.82, 2.24) is 10.0 Å². The number of imide groups is 1. The lowest BCUT2D eigenvalue weighted by atomic mass is 9.82. The molecule has 2 aromatic rings. The summed E-state index contributed by atoms with van der Waals surface area (Å²) in [6.45, 7) is 1.04. The van der Waals surface area contributed by atoms with Gasteiger partial charge in [-0.3, -0.25) is 39.4 Å². The molecule has 3 amide bonds. The first-order valence-electron chi connectivity index (χ1n) is 11.0. The number of Topliss-reactive ketones (excluding diaryl/α,β-unsaturated/α-hetero) is 1. The van der Waals surface area contributed by atoms with E-state index in [9.17, 15) is 39.4 Å². The number of carbonyl (C=O) groups excluding carboxylic acids is 4. The minimum Gasteiger partial charge on any atom is -0.292 e. The molecule has 184 valence electrons. The van der Waals surface area contributed by atoms with E-state index < -0.39 is 63.0 Å². The lowest BCUT2D eigenvalue weighted by Crippen LogP contribution is -2.52. The van der Waals surface area contributed by atoms with Crippen molar-refractivity contribution in [3.05, 3.63) is 91.5 Å². The van der Waals surface area contributed by atoms with E-state index in [4.69, 9.17) is 0 Å². The number of carbonyl (C=O) groups is 4. The Morgan fingerprint density at radius 1 is 0.972 bits per heavy atom. The number of allylic oxidation sites excluding steroid dienone is 2. The van der Waals surface area contributed by atoms with E-state index in [1.165, 1.54) is 30.3 Å². The van der Waals surface area contributed by atoms with E-state index >= 15 is 0 Å². The predicted octanol–water partition coefficient (Wildman–Crippen LogP) is 3.08. The van der Waals surface area contributed by atoms with Crippen LogP contribution in [0, 0.1) is 32.1 Å². The van der Waals surface area contributed by atoms with Gasteiger partial charge >= 0.3 is 0 Å². The molecule has 0 spiro atoms. The highest BCUT2D eigenvalue weighted by Gasteiger charge is 2.52. The Hall–Kier alpha value is -4.74. The summed E-state index contributed by atoms with van der Waals surface area (Å²) >= 11 is 0. The third-order valence-electron chi connectivity index (χ3n) is 6.30. The van der Waals surface area contributed by atoms with Crippen molar-refractivity contribution in [1.29, 1.82) is 0 Å². The van der Waals surface area contributed by atoms with Gasteiger partial charge in [0.1, 0.15) is 12.1 Å². The van der Waals surface area contributed by atoms with E-state index in [2.05, 4.69) is 0 Å². The van der Waals surface area contributed by atoms with Crippen LogP contribution in [0.3, 0.4) is 0 Å². The lowest BCUT2D eigenvalue weighted by Gasteiger charge is -2.30. The Morgan fingerprint density at radius 3 is 2.25 bits per heavy atom. The number of hydrogen-bond acceptors (Lipinski definition) is 8. The molecule has 4 rings (SSSR count). The third-order valence-corrected chi connectivity index (χ3v) is 6.30. The molecule has 0 radical (unpaired) electrons. The fraction of sp³-hybridized carbons (Fsp3) is 0.250. The minimum absolute atomic E-state index is 0.00464. The SMILES string of the molecule is CC1=CC[C@H]2C(=O)N(N(CC(=O)c3ccc([N+](=O)[O-])cc3)C(=O)c3ccccc3[N+](=O)[O-])C(=O)[C@@H]2C1. The van der Waals surface area contributed by atoms with Gasteiger partial charge in [-0.05, 0) is 38.0 Å². The molecule has 0 unspecified atom stereocenters. The largest absolute Gasteiger partial charge is 0.292 e. The molecule has 1 aliphatic heterocycles. The molecule has 1 aliphatic carbocycles. The first kappa shape index (κ1) is 24.4. The monoisotopic (exact) mass is 492 g/mol. The molecular formula is C24H20N4O8. The average Bonchev–Trinajstić information content (AvgIpc) is 3.10. The van der Waals surface area contributed by atoms with Crippen molar-refractivity contribution in [2.45, 2.75) is 19.8 Å². The second kappa shape index (κ2) is 9.49. The first-order chi connectivity index (χ1) is 17.1. The molecule has 2 atom stereocenters. The molecule has 0 aromatic heterocycles. The zero-order chi connectivity index (χ0) is 26.1. The number of nitrogens with zero attached hydrogens (tertiary/aromatic N) is 4. The third kappa shape index (κ3) is 4.35. The fourth-order valence-corrected chi connectivity index (χ4v) is 4.44. The summed E-state index contributed by atoms with van der Waals surface area (Å²) in [5, 5.41) is 23.7. The van der Waals surface area contributed by atoms with Crippen LogP contribution in [0.15, 0.2) is 60.2 Å². The van der Waals surface area contributed by atoms with Crippen LogP contribution in [0.4, 0.5) is 11.4 Å². The molecule has 1 fully saturated rings. The number of hydrazine groups is 1. The van der Waals surface area contributed by atoms with Crippen LogP contribution in [0.2, 0.25) is 0 Å². The van der Waals surface area contributed by atoms with Crippen molar-refractivity contribution in [2.24, 2.45) is 11.8 Å². The zero-order valence-corrected chi connectivity index (χ0v) is 19.0. The molecule has 0 N–H and O–H groups in total. The van der Waals surface area contributed by atoms with Crippen molar-refractivity contribution >= 4 is 34.9 Å². The summed E-state index contributed by atoms with van der Waals surface area (Å²) in [6.07, 6.45) is 2.45. The number of amides is 3. The maximum absolute atomic E-state index is 13.5. The second-order valence-electron chi connectivity index (χ2n) is 8.56. The maximum atomic E-state index is 13.5. The Morgan fingerprint density at radius 2 is 1.61 bits per heavy atom. The molecule has 0 saturated carbocycles. The number of nitro groups is 2. The first-order valence-corrected chi connectivity index (χ1v) is 11.0. The minimum atomic E-state index is -1.07. The molecular weight excluding hydrogens is 472 g/mol. The van der Waals surface area contributed by atoms with E-state index in [1.54, 1.807) is 0 Å². The Bertz CT molecular complexity index is 1330. The van der Waals surface area contributed by atoms with Crippen LogP contribution in [-0.2, 0) is 9.59 Å². The topological polar surface area (TPSA) is 161 Å². The number of benzene rings is 2. The Kier molecular flexibility index (Phi) is 6.43. The van der Waals surface area contributed by atoms with E-state index in [-0.39, 0.29) is 11.3 Å². The van der Waals surface area contributed by atoms with Crippen molar-refractivity contribution in [3.63, 3.8) is 0 Å². The molecule has 2 aromatic carbocycles. The average molecular weight is 492 g/mol. The van der Waals surface area contributed by atoms with Gasteiger partial charge in [0.05, 0.1) is 21.7 Å². The number of fused-ring (bicyclic) bond motifs is 1. The highest BCUT2D eigenvalue weighted by Crippen LogP contribution is 2.39. The quantitative estimate of drug-likeness (QED) is 0.187.